The topological polar surface area (TPSA) is 105 Å². The van der Waals surface area contributed by atoms with Crippen molar-refractivity contribution in [2.24, 2.45) is 0 Å². The summed E-state index contributed by atoms with van der Waals surface area (Å²) in [6.07, 6.45) is 4.70. The van der Waals surface area contributed by atoms with Crippen molar-refractivity contribution in [3.63, 3.8) is 0 Å². The van der Waals surface area contributed by atoms with Gasteiger partial charge >= 0.3 is 10.2 Å². The molecule has 0 saturated heterocycles. The highest BCUT2D eigenvalue weighted by Crippen LogP contribution is 2.07. The summed E-state index contributed by atoms with van der Waals surface area (Å²) in [5.41, 5.74) is 0.657. The summed E-state index contributed by atoms with van der Waals surface area (Å²) in [6, 6.07) is 0. The van der Waals surface area contributed by atoms with Crippen LogP contribution in [0.25, 0.3) is 0 Å². The minimum absolute atomic E-state index is 0.389. The van der Waals surface area contributed by atoms with E-state index in [9.17, 15) is 16.8 Å². The average molecular weight is 353 g/mol. The number of aryl methyl sites for hydroxylation is 1. The van der Waals surface area contributed by atoms with E-state index in [1.807, 2.05) is 0 Å². The Bertz CT molecular complexity index is 681. The van der Waals surface area contributed by atoms with Crippen LogP contribution in [0.3, 0.4) is 0 Å². The molecule has 0 radical (unpaired) electrons. The molecule has 0 aromatic carbocycles. The highest BCUT2D eigenvalue weighted by Gasteiger charge is 2.17. The maximum absolute atomic E-state index is 11.9. The molecule has 0 aliphatic rings. The van der Waals surface area contributed by atoms with Gasteiger partial charge in [-0.05, 0) is 19.3 Å². The van der Waals surface area contributed by atoms with Crippen LogP contribution in [0.15, 0.2) is 12.5 Å². The second-order valence-corrected chi connectivity index (χ2v) is 9.00. The van der Waals surface area contributed by atoms with Gasteiger partial charge in [-0.2, -0.15) is 25.4 Å². The van der Waals surface area contributed by atoms with E-state index in [0.29, 0.717) is 31.5 Å². The molecule has 0 fully saturated rings. The molecule has 0 unspecified atom stereocenters. The lowest BCUT2D eigenvalue weighted by Gasteiger charge is -2.15. The molecule has 128 valence electrons. The van der Waals surface area contributed by atoms with Gasteiger partial charge in [0.05, 0.1) is 5.69 Å². The zero-order valence-electron chi connectivity index (χ0n) is 13.2. The monoisotopic (exact) mass is 353 g/mol. The number of unbranched alkanes of at least 4 members (excludes halogenated alkanes) is 1. The van der Waals surface area contributed by atoms with Crippen LogP contribution < -0.4 is 4.72 Å². The van der Waals surface area contributed by atoms with Crippen LogP contribution in [0.2, 0.25) is 0 Å². The van der Waals surface area contributed by atoms with E-state index in [1.54, 1.807) is 0 Å². The molecule has 1 aromatic heterocycles. The van der Waals surface area contributed by atoms with E-state index >= 15 is 0 Å². The molecule has 1 rings (SSSR count). The second-order valence-electron chi connectivity index (χ2n) is 4.97. The predicted molar refractivity (Wildman–Crippen MR) is 83.8 cm³/mol. The number of nitrogens with one attached hydrogen (secondary N) is 1. The van der Waals surface area contributed by atoms with Crippen molar-refractivity contribution in [2.45, 2.75) is 19.3 Å². The number of aromatic nitrogens is 2. The van der Waals surface area contributed by atoms with E-state index in [-0.39, 0.29) is 0 Å². The Kier molecular flexibility index (Phi) is 6.50. The zero-order chi connectivity index (χ0) is 17.0. The first-order chi connectivity index (χ1) is 10.1. The van der Waals surface area contributed by atoms with Gasteiger partial charge in [-0.25, -0.2) is 13.7 Å². The molecule has 0 aliphatic carbocycles. The lowest BCUT2D eigenvalue weighted by atomic mass is 10.2. The Balaban J connectivity index is 2.50. The fourth-order valence-corrected chi connectivity index (χ4v) is 3.18. The molecule has 0 amide bonds. The summed E-state index contributed by atoms with van der Waals surface area (Å²) in [7, 11) is -1.15. The fraction of sp³-hybridized carbons (Fsp3) is 0.727. The minimum Gasteiger partial charge on any atom is -0.241 e. The van der Waals surface area contributed by atoms with Crippen molar-refractivity contribution in [3.8, 4) is 0 Å². The van der Waals surface area contributed by atoms with Crippen LogP contribution in [0.1, 0.15) is 18.5 Å². The molecule has 1 heterocycles. The van der Waals surface area contributed by atoms with Crippen LogP contribution in [-0.4, -0.2) is 69.1 Å². The molecule has 1 aromatic rings. The van der Waals surface area contributed by atoms with E-state index in [4.69, 9.17) is 0 Å². The SMILES string of the molecule is CNS(=O)(=O)N(C)CCCCc1cn(S(=O)(=O)N(C)C)cn1. The smallest absolute Gasteiger partial charge is 0.241 e. The molecule has 22 heavy (non-hydrogen) atoms. The molecule has 9 nitrogen and oxygen atoms in total. The van der Waals surface area contributed by atoms with Gasteiger partial charge in [0.1, 0.15) is 6.33 Å². The summed E-state index contributed by atoms with van der Waals surface area (Å²) in [5, 5.41) is 0. The Morgan fingerprint density at radius 3 is 2.36 bits per heavy atom. The van der Waals surface area contributed by atoms with Crippen LogP contribution in [0, 0.1) is 0 Å². The Morgan fingerprint density at radius 1 is 1.18 bits per heavy atom. The summed E-state index contributed by atoms with van der Waals surface area (Å²) in [4.78, 5) is 4.06. The Morgan fingerprint density at radius 2 is 1.82 bits per heavy atom. The molecule has 11 heteroatoms. The number of nitrogens with zero attached hydrogens (tertiary/aromatic N) is 4. The molecular weight excluding hydrogens is 330 g/mol. The first-order valence-electron chi connectivity index (χ1n) is 6.72. The standard InChI is InChI=1S/C11H23N5O4S2/c1-12-21(17,18)15(4)8-6-5-7-11-9-16(10-13-11)22(19,20)14(2)3/h9-10,12H,5-8H2,1-4H3. The summed E-state index contributed by atoms with van der Waals surface area (Å²) in [6.45, 7) is 0.389. The van der Waals surface area contributed by atoms with Gasteiger partial charge < -0.3 is 0 Å². The maximum atomic E-state index is 11.9. The van der Waals surface area contributed by atoms with E-state index < -0.39 is 20.4 Å². The fourth-order valence-electron chi connectivity index (χ4n) is 1.71. The third kappa shape index (κ3) is 4.74. The van der Waals surface area contributed by atoms with E-state index in [2.05, 4.69) is 9.71 Å². The third-order valence-electron chi connectivity index (χ3n) is 3.17. The van der Waals surface area contributed by atoms with Crippen LogP contribution >= 0.6 is 0 Å². The Hall–Kier alpha value is -1.01. The summed E-state index contributed by atoms with van der Waals surface area (Å²) < 4.78 is 52.3. The van der Waals surface area contributed by atoms with Gasteiger partial charge in [-0.1, -0.05) is 0 Å². The van der Waals surface area contributed by atoms with Gasteiger partial charge in [-0.15, -0.1) is 0 Å². The minimum atomic E-state index is -3.53. The van der Waals surface area contributed by atoms with Crippen molar-refractivity contribution in [3.05, 3.63) is 18.2 Å². The summed E-state index contributed by atoms with van der Waals surface area (Å²) in [5.74, 6) is 0. The Labute approximate surface area is 132 Å². The first kappa shape index (κ1) is 19.0. The molecule has 0 atom stereocenters. The van der Waals surface area contributed by atoms with Crippen molar-refractivity contribution in [1.29, 1.82) is 0 Å². The van der Waals surface area contributed by atoms with Crippen molar-refractivity contribution in [2.75, 3.05) is 34.7 Å². The quantitative estimate of drug-likeness (QED) is 0.589. The van der Waals surface area contributed by atoms with Gasteiger partial charge in [0.2, 0.25) is 0 Å². The molecule has 0 bridgehead atoms. The largest absolute Gasteiger partial charge is 0.308 e. The molecule has 0 saturated carbocycles. The highest BCUT2D eigenvalue weighted by atomic mass is 32.2. The van der Waals surface area contributed by atoms with Gasteiger partial charge in [0, 0.05) is 40.9 Å². The molecule has 1 N–H and O–H groups in total. The maximum Gasteiger partial charge on any atom is 0.308 e. The van der Waals surface area contributed by atoms with Crippen molar-refractivity contribution >= 4 is 20.4 Å². The van der Waals surface area contributed by atoms with Crippen molar-refractivity contribution in [1.82, 2.24) is 22.3 Å². The number of imidazole rings is 1. The summed E-state index contributed by atoms with van der Waals surface area (Å²) >= 11 is 0. The van der Waals surface area contributed by atoms with E-state index in [0.717, 1.165) is 8.28 Å². The van der Waals surface area contributed by atoms with Crippen molar-refractivity contribution < 1.29 is 16.8 Å². The van der Waals surface area contributed by atoms with Gasteiger partial charge in [0.15, 0.2) is 0 Å². The number of rotatable bonds is 9. The normalized spacial score (nSPS) is 13.2. The zero-order valence-corrected chi connectivity index (χ0v) is 14.9. The lowest BCUT2D eigenvalue weighted by molar-refractivity contribution is 0.449. The number of hydrogen-bond donors (Lipinski definition) is 1. The van der Waals surface area contributed by atoms with Crippen LogP contribution in [0.5, 0.6) is 0 Å². The van der Waals surface area contributed by atoms with Gasteiger partial charge in [-0.3, -0.25) is 0 Å². The van der Waals surface area contributed by atoms with Gasteiger partial charge in [0.25, 0.3) is 10.2 Å². The molecule has 0 aliphatic heterocycles. The van der Waals surface area contributed by atoms with E-state index in [1.165, 1.54) is 45.0 Å². The number of hydrogen-bond acceptors (Lipinski definition) is 5. The average Bonchev–Trinajstić information content (AvgIpc) is 2.92. The molecule has 0 spiro atoms. The molecular formula is C11H23N5O4S2. The highest BCUT2D eigenvalue weighted by molar-refractivity contribution is 7.87. The van der Waals surface area contributed by atoms with Crippen LogP contribution in [-0.2, 0) is 26.8 Å². The lowest BCUT2D eigenvalue weighted by Crippen LogP contribution is -2.36. The first-order valence-corrected chi connectivity index (χ1v) is 9.55. The third-order valence-corrected chi connectivity index (χ3v) is 6.34. The second kappa shape index (κ2) is 7.51. The predicted octanol–water partition coefficient (Wildman–Crippen LogP) is -0.744. The van der Waals surface area contributed by atoms with Crippen LogP contribution in [0.4, 0.5) is 0 Å².